The van der Waals surface area contributed by atoms with Gasteiger partial charge in [-0.3, -0.25) is 14.9 Å². The predicted octanol–water partition coefficient (Wildman–Crippen LogP) is 1.57. The Balaban J connectivity index is 2.97. The van der Waals surface area contributed by atoms with Crippen molar-refractivity contribution < 1.29 is 9.72 Å². The molecule has 0 aromatic heterocycles. The predicted molar refractivity (Wildman–Crippen MR) is 55.3 cm³/mol. The number of nitrogens with zero attached hydrogens (tertiary/aromatic N) is 1. The van der Waals surface area contributed by atoms with Gasteiger partial charge >= 0.3 is 0 Å². The Kier molecular flexibility index (Phi) is 3.38. The van der Waals surface area contributed by atoms with Gasteiger partial charge in [0.05, 0.1) is 10.8 Å². The van der Waals surface area contributed by atoms with Gasteiger partial charge in [-0.25, -0.2) is 0 Å². The van der Waals surface area contributed by atoms with E-state index in [0.717, 1.165) is 5.56 Å². The van der Waals surface area contributed by atoms with Crippen LogP contribution in [-0.2, 0) is 4.79 Å². The molecule has 0 bridgehead atoms. The van der Waals surface area contributed by atoms with Crippen LogP contribution in [0, 0.1) is 10.1 Å². The van der Waals surface area contributed by atoms with E-state index in [0.29, 0.717) is 6.42 Å². The highest BCUT2D eigenvalue weighted by molar-refractivity contribution is 5.81. The molecule has 0 aliphatic rings. The van der Waals surface area contributed by atoms with Crippen molar-refractivity contribution in [1.82, 2.24) is 0 Å². The molecular formula is C10H12N2O3. The minimum atomic E-state index is -0.477. The van der Waals surface area contributed by atoms with Crippen LogP contribution in [0.1, 0.15) is 24.8 Å². The molecule has 0 saturated heterocycles. The van der Waals surface area contributed by atoms with E-state index in [1.807, 2.05) is 6.92 Å². The Morgan fingerprint density at radius 1 is 1.47 bits per heavy atom. The molecule has 80 valence electrons. The maximum atomic E-state index is 11.0. The van der Waals surface area contributed by atoms with Crippen LogP contribution in [0.4, 0.5) is 5.69 Å². The Hall–Kier alpha value is -1.91. The standard InChI is InChI=1S/C10H12N2O3/c1-2-9(10(11)13)7-3-5-8(6-4-7)12(14)15/h3-6,9H,2H2,1H3,(H2,11,13). The van der Waals surface area contributed by atoms with Crippen LogP contribution in [0.25, 0.3) is 0 Å². The zero-order chi connectivity index (χ0) is 11.4. The molecule has 0 aliphatic heterocycles. The number of carbonyl (C=O) groups is 1. The fraction of sp³-hybridized carbons (Fsp3) is 0.300. The van der Waals surface area contributed by atoms with Crippen LogP contribution < -0.4 is 5.73 Å². The van der Waals surface area contributed by atoms with E-state index in [1.165, 1.54) is 12.1 Å². The summed E-state index contributed by atoms with van der Waals surface area (Å²) in [6.45, 7) is 1.84. The highest BCUT2D eigenvalue weighted by atomic mass is 16.6. The molecule has 0 radical (unpaired) electrons. The number of nitro groups is 1. The molecule has 1 unspecified atom stereocenters. The monoisotopic (exact) mass is 208 g/mol. The van der Waals surface area contributed by atoms with E-state index >= 15 is 0 Å². The number of benzene rings is 1. The number of hydrogen-bond donors (Lipinski definition) is 1. The third-order valence-corrected chi connectivity index (χ3v) is 2.26. The molecule has 5 nitrogen and oxygen atoms in total. The van der Waals surface area contributed by atoms with Gasteiger partial charge in [0.25, 0.3) is 5.69 Å². The lowest BCUT2D eigenvalue weighted by Crippen LogP contribution is -2.20. The summed E-state index contributed by atoms with van der Waals surface area (Å²) in [6, 6.07) is 5.88. The van der Waals surface area contributed by atoms with Crippen molar-refractivity contribution in [3.8, 4) is 0 Å². The van der Waals surface area contributed by atoms with Crippen LogP contribution in [0.5, 0.6) is 0 Å². The quantitative estimate of drug-likeness (QED) is 0.601. The van der Waals surface area contributed by atoms with E-state index in [-0.39, 0.29) is 11.6 Å². The van der Waals surface area contributed by atoms with Crippen LogP contribution in [-0.4, -0.2) is 10.8 Å². The zero-order valence-electron chi connectivity index (χ0n) is 8.34. The first kappa shape index (κ1) is 11.2. The van der Waals surface area contributed by atoms with Crippen molar-refractivity contribution in [3.05, 3.63) is 39.9 Å². The molecule has 2 N–H and O–H groups in total. The van der Waals surface area contributed by atoms with Crippen molar-refractivity contribution in [2.75, 3.05) is 0 Å². The molecule has 1 aromatic rings. The molecule has 1 aromatic carbocycles. The highest BCUT2D eigenvalue weighted by Crippen LogP contribution is 2.21. The van der Waals surface area contributed by atoms with Gasteiger partial charge in [0.15, 0.2) is 0 Å². The second kappa shape index (κ2) is 4.54. The third-order valence-electron chi connectivity index (χ3n) is 2.26. The first-order chi connectivity index (χ1) is 7.06. The number of carbonyl (C=O) groups excluding carboxylic acids is 1. The average Bonchev–Trinajstić information content (AvgIpc) is 2.19. The average molecular weight is 208 g/mol. The summed E-state index contributed by atoms with van der Waals surface area (Å²) < 4.78 is 0. The minimum Gasteiger partial charge on any atom is -0.369 e. The van der Waals surface area contributed by atoms with Gasteiger partial charge in [-0.2, -0.15) is 0 Å². The summed E-state index contributed by atoms with van der Waals surface area (Å²) in [6.07, 6.45) is 0.590. The van der Waals surface area contributed by atoms with Crippen molar-refractivity contribution in [1.29, 1.82) is 0 Å². The maximum absolute atomic E-state index is 11.0. The maximum Gasteiger partial charge on any atom is 0.269 e. The summed E-state index contributed by atoms with van der Waals surface area (Å²) in [5, 5.41) is 10.4. The fourth-order valence-corrected chi connectivity index (χ4v) is 1.43. The van der Waals surface area contributed by atoms with Gasteiger partial charge in [-0.15, -0.1) is 0 Å². The van der Waals surface area contributed by atoms with Crippen molar-refractivity contribution >= 4 is 11.6 Å². The molecule has 0 saturated carbocycles. The molecule has 1 rings (SSSR count). The number of primary amides is 1. The van der Waals surface area contributed by atoms with Crippen molar-refractivity contribution in [2.24, 2.45) is 5.73 Å². The second-order valence-electron chi connectivity index (χ2n) is 3.21. The van der Waals surface area contributed by atoms with E-state index in [2.05, 4.69) is 0 Å². The van der Waals surface area contributed by atoms with Gasteiger partial charge in [0.1, 0.15) is 0 Å². The zero-order valence-corrected chi connectivity index (χ0v) is 8.34. The van der Waals surface area contributed by atoms with Crippen LogP contribution in [0.15, 0.2) is 24.3 Å². The first-order valence-corrected chi connectivity index (χ1v) is 4.60. The lowest BCUT2D eigenvalue weighted by Gasteiger charge is -2.10. The summed E-state index contributed by atoms with van der Waals surface area (Å²) >= 11 is 0. The molecule has 0 spiro atoms. The van der Waals surface area contributed by atoms with E-state index in [1.54, 1.807) is 12.1 Å². The van der Waals surface area contributed by atoms with Gasteiger partial charge < -0.3 is 5.73 Å². The van der Waals surface area contributed by atoms with E-state index in [9.17, 15) is 14.9 Å². The fourth-order valence-electron chi connectivity index (χ4n) is 1.43. The summed E-state index contributed by atoms with van der Waals surface area (Å²) in [5.74, 6) is -0.780. The lowest BCUT2D eigenvalue weighted by molar-refractivity contribution is -0.384. The molecule has 0 fully saturated rings. The number of amides is 1. The second-order valence-corrected chi connectivity index (χ2v) is 3.21. The molecule has 5 heteroatoms. The Bertz CT molecular complexity index is 373. The largest absolute Gasteiger partial charge is 0.369 e. The van der Waals surface area contributed by atoms with Gasteiger partial charge in [0, 0.05) is 12.1 Å². The van der Waals surface area contributed by atoms with E-state index < -0.39 is 10.8 Å². The number of non-ortho nitro benzene ring substituents is 1. The highest BCUT2D eigenvalue weighted by Gasteiger charge is 2.16. The van der Waals surface area contributed by atoms with E-state index in [4.69, 9.17) is 5.73 Å². The van der Waals surface area contributed by atoms with Crippen LogP contribution >= 0.6 is 0 Å². The summed E-state index contributed by atoms with van der Waals surface area (Å²) in [7, 11) is 0. The van der Waals surface area contributed by atoms with Crippen LogP contribution in [0.3, 0.4) is 0 Å². The molecule has 15 heavy (non-hydrogen) atoms. The third kappa shape index (κ3) is 2.52. The van der Waals surface area contributed by atoms with Crippen LogP contribution in [0.2, 0.25) is 0 Å². The van der Waals surface area contributed by atoms with Gasteiger partial charge in [0.2, 0.25) is 5.91 Å². The molecule has 1 atom stereocenters. The van der Waals surface area contributed by atoms with Crippen molar-refractivity contribution in [3.63, 3.8) is 0 Å². The Morgan fingerprint density at radius 2 is 2.00 bits per heavy atom. The number of hydrogen-bond acceptors (Lipinski definition) is 3. The van der Waals surface area contributed by atoms with Gasteiger partial charge in [-0.05, 0) is 12.0 Å². The minimum absolute atomic E-state index is 0.0121. The topological polar surface area (TPSA) is 86.2 Å². The smallest absolute Gasteiger partial charge is 0.269 e. The molecular weight excluding hydrogens is 196 g/mol. The molecule has 0 aliphatic carbocycles. The lowest BCUT2D eigenvalue weighted by atomic mass is 9.96. The number of rotatable bonds is 4. The Labute approximate surface area is 87.0 Å². The number of nitrogens with two attached hydrogens (primary N) is 1. The number of nitro benzene ring substituents is 1. The first-order valence-electron chi connectivity index (χ1n) is 4.60. The molecule has 0 heterocycles. The normalized spacial score (nSPS) is 12.1. The summed E-state index contributed by atoms with van der Waals surface area (Å²) in [5.41, 5.74) is 5.93. The van der Waals surface area contributed by atoms with Crippen molar-refractivity contribution in [2.45, 2.75) is 19.3 Å². The molecule has 1 amide bonds. The summed E-state index contributed by atoms with van der Waals surface area (Å²) in [4.78, 5) is 21.0. The van der Waals surface area contributed by atoms with Gasteiger partial charge in [-0.1, -0.05) is 19.1 Å². The SMILES string of the molecule is CCC(C(N)=O)c1ccc([N+](=O)[O-])cc1. The Morgan fingerprint density at radius 3 is 2.33 bits per heavy atom.